The van der Waals surface area contributed by atoms with Crippen molar-refractivity contribution in [2.24, 2.45) is 0 Å². The average molecular weight is 399 g/mol. The van der Waals surface area contributed by atoms with Crippen LogP contribution in [0.3, 0.4) is 0 Å². The molecule has 2 rings (SSSR count). The summed E-state index contributed by atoms with van der Waals surface area (Å²) in [7, 11) is -6.84. The van der Waals surface area contributed by atoms with Crippen molar-refractivity contribution in [1.82, 2.24) is 0 Å². The Hall–Kier alpha value is -0.470. The van der Waals surface area contributed by atoms with E-state index in [1.807, 2.05) is 0 Å². The van der Waals surface area contributed by atoms with E-state index in [-0.39, 0.29) is 24.3 Å². The molecule has 2 saturated carbocycles. The van der Waals surface area contributed by atoms with Crippen LogP contribution in [0.5, 0.6) is 0 Å². The van der Waals surface area contributed by atoms with Crippen LogP contribution in [0.4, 0.5) is 0 Å². The first-order valence-electron chi connectivity index (χ1n) is 8.10. The number of sulfone groups is 2. The Bertz CT molecular complexity index is 699. The molecule has 0 unspecified atom stereocenters. The third-order valence-corrected chi connectivity index (χ3v) is 10.7. The van der Waals surface area contributed by atoms with Gasteiger partial charge in [0.15, 0.2) is 0 Å². The Labute approximate surface area is 148 Å². The molecule has 2 aliphatic rings. The first kappa shape index (κ1) is 19.8. The Morgan fingerprint density at radius 1 is 0.917 bits per heavy atom. The molecule has 0 heterocycles. The summed E-state index contributed by atoms with van der Waals surface area (Å²) in [5.41, 5.74) is 9.19. The van der Waals surface area contributed by atoms with Crippen LogP contribution in [0.25, 0.3) is 5.53 Å². The van der Waals surface area contributed by atoms with E-state index in [1.165, 1.54) is 0 Å². The maximum Gasteiger partial charge on any atom is 0.495 e. The van der Waals surface area contributed by atoms with E-state index in [0.29, 0.717) is 38.5 Å². The lowest BCUT2D eigenvalue weighted by Crippen LogP contribution is -2.42. The zero-order valence-electron chi connectivity index (χ0n) is 13.6. The van der Waals surface area contributed by atoms with E-state index >= 15 is 0 Å². The molecule has 0 bridgehead atoms. The van der Waals surface area contributed by atoms with E-state index in [4.69, 9.17) is 16.3 Å². The van der Waals surface area contributed by atoms with Crippen LogP contribution in [0.1, 0.15) is 51.4 Å². The molecule has 0 aliphatic heterocycles. The van der Waals surface area contributed by atoms with Crippen LogP contribution in [-0.2, 0) is 24.4 Å². The highest BCUT2D eigenvalue weighted by Crippen LogP contribution is 2.32. The summed E-state index contributed by atoms with van der Waals surface area (Å²) in [6, 6.07) is 0. The van der Waals surface area contributed by atoms with Crippen molar-refractivity contribution in [3.63, 3.8) is 0 Å². The van der Waals surface area contributed by atoms with Crippen LogP contribution in [0.15, 0.2) is 0 Å². The van der Waals surface area contributed by atoms with Crippen molar-refractivity contribution in [1.29, 1.82) is 0 Å². The number of hydrogen-bond donors (Lipinski definition) is 0. The molecule has 138 valence electrons. The summed E-state index contributed by atoms with van der Waals surface area (Å²) in [4.78, 5) is 2.72. The molecule has 10 heteroatoms. The molecule has 0 N–H and O–H groups in total. The fourth-order valence-corrected chi connectivity index (χ4v) is 8.42. The minimum absolute atomic E-state index is 0.0124. The predicted molar refractivity (Wildman–Crippen MR) is 91.4 cm³/mol. The van der Waals surface area contributed by atoms with Crippen molar-refractivity contribution in [2.75, 3.05) is 7.11 Å². The third kappa shape index (κ3) is 4.02. The lowest BCUT2D eigenvalue weighted by atomic mass is 9.97. The minimum Gasteiger partial charge on any atom is -0.381 e. The molecule has 2 aliphatic carbocycles. The first-order chi connectivity index (χ1) is 11.2. The Morgan fingerprint density at radius 2 is 1.33 bits per heavy atom. The standard InChI is InChI=1S/C14H23ClN2O5S2/c1-22-11-4-8-13(9-5-11)24(20,21)14(17-16)23(18,19)12-6-2-10(15)3-7-12/h10-13H,2-9H2,1H3. The second-order valence-electron chi connectivity index (χ2n) is 6.46. The summed E-state index contributed by atoms with van der Waals surface area (Å²) in [5.74, 6) is 0. The van der Waals surface area contributed by atoms with Crippen molar-refractivity contribution in [3.8, 4) is 0 Å². The van der Waals surface area contributed by atoms with Gasteiger partial charge in [0.1, 0.15) is 0 Å². The average Bonchev–Trinajstić information content (AvgIpc) is 2.55. The second-order valence-corrected chi connectivity index (χ2v) is 11.6. The van der Waals surface area contributed by atoms with E-state index < -0.39 is 34.6 Å². The SMILES string of the molecule is COC1CCC(S(=O)(=O)C(=[N+]=[N-])S(=O)(=O)C2CCC(Cl)CC2)CC1. The minimum atomic E-state index is -4.20. The van der Waals surface area contributed by atoms with Gasteiger partial charge in [0.05, 0.1) is 16.6 Å². The van der Waals surface area contributed by atoms with Gasteiger partial charge in [0.2, 0.25) is 0 Å². The van der Waals surface area contributed by atoms with Gasteiger partial charge in [-0.2, -0.15) is 0 Å². The van der Waals surface area contributed by atoms with Crippen LogP contribution in [0, 0.1) is 0 Å². The number of rotatable bonds is 3. The molecule has 0 aromatic heterocycles. The highest BCUT2D eigenvalue weighted by Gasteiger charge is 2.50. The van der Waals surface area contributed by atoms with Gasteiger partial charge in [-0.1, -0.05) is 0 Å². The maximum absolute atomic E-state index is 12.7. The molecule has 7 nitrogen and oxygen atoms in total. The van der Waals surface area contributed by atoms with Crippen LogP contribution < -0.4 is 0 Å². The lowest BCUT2D eigenvalue weighted by molar-refractivity contribution is 0.00349. The van der Waals surface area contributed by atoms with Gasteiger partial charge in [-0.15, -0.1) is 16.4 Å². The topological polar surface area (TPSA) is 114 Å². The molecule has 24 heavy (non-hydrogen) atoms. The van der Waals surface area contributed by atoms with E-state index in [9.17, 15) is 22.4 Å². The highest BCUT2D eigenvalue weighted by atomic mass is 35.5. The maximum atomic E-state index is 12.7. The molecule has 0 aromatic rings. The Morgan fingerprint density at radius 3 is 1.71 bits per heavy atom. The molecule has 0 saturated heterocycles. The Balaban J connectivity index is 2.22. The summed E-state index contributed by atoms with van der Waals surface area (Å²) >= 11 is 5.98. The molecule has 2 fully saturated rings. The summed E-state index contributed by atoms with van der Waals surface area (Å²) in [6.07, 6.45) is 3.22. The van der Waals surface area contributed by atoms with E-state index in [1.54, 1.807) is 7.11 Å². The van der Waals surface area contributed by atoms with E-state index in [2.05, 4.69) is 4.79 Å². The van der Waals surface area contributed by atoms with Gasteiger partial charge in [0.25, 0.3) is 19.7 Å². The number of alkyl halides is 1. The number of methoxy groups -OCH3 is 1. The van der Waals surface area contributed by atoms with Gasteiger partial charge >= 0.3 is 4.38 Å². The number of hydrogen-bond acceptors (Lipinski definition) is 5. The zero-order chi connectivity index (χ0) is 18.0. The van der Waals surface area contributed by atoms with Crippen molar-refractivity contribution >= 4 is 35.7 Å². The second kappa shape index (κ2) is 7.83. The molecule has 0 amide bonds. The molecule has 0 atom stereocenters. The van der Waals surface area contributed by atoms with Crippen LogP contribution in [-0.4, -0.2) is 55.1 Å². The smallest absolute Gasteiger partial charge is 0.381 e. The van der Waals surface area contributed by atoms with Gasteiger partial charge < -0.3 is 10.3 Å². The molecular weight excluding hydrogens is 376 g/mol. The van der Waals surface area contributed by atoms with Gasteiger partial charge in [-0.25, -0.2) is 16.8 Å². The third-order valence-electron chi connectivity index (χ3n) is 5.00. The summed E-state index contributed by atoms with van der Waals surface area (Å²) in [5, 5.41) is -1.80. The fraction of sp³-hybridized carbons (Fsp3) is 0.929. The van der Waals surface area contributed by atoms with Crippen molar-refractivity contribution in [3.05, 3.63) is 5.53 Å². The summed E-state index contributed by atoms with van der Waals surface area (Å²) < 4.78 is 55.0. The van der Waals surface area contributed by atoms with Gasteiger partial charge in [0, 0.05) is 12.5 Å². The zero-order valence-corrected chi connectivity index (χ0v) is 16.0. The monoisotopic (exact) mass is 398 g/mol. The quantitative estimate of drug-likeness (QED) is 0.237. The van der Waals surface area contributed by atoms with Gasteiger partial charge in [-0.05, 0) is 51.4 Å². The first-order valence-corrected chi connectivity index (χ1v) is 11.6. The van der Waals surface area contributed by atoms with E-state index in [0.717, 1.165) is 0 Å². The molecule has 0 spiro atoms. The van der Waals surface area contributed by atoms with Crippen LogP contribution in [0.2, 0.25) is 0 Å². The molecular formula is C14H23ClN2O5S2. The normalized spacial score (nSPS) is 32.1. The molecule has 0 aromatic carbocycles. The van der Waals surface area contributed by atoms with Crippen molar-refractivity contribution < 1.29 is 26.4 Å². The largest absolute Gasteiger partial charge is 0.495 e. The van der Waals surface area contributed by atoms with Crippen molar-refractivity contribution in [2.45, 2.75) is 73.3 Å². The number of ether oxygens (including phenoxy) is 1. The lowest BCUT2D eigenvalue weighted by Gasteiger charge is -2.27. The highest BCUT2D eigenvalue weighted by molar-refractivity contribution is 8.31. The summed E-state index contributed by atoms with van der Waals surface area (Å²) in [6.45, 7) is 0. The number of halogens is 1. The molecule has 0 radical (unpaired) electrons. The predicted octanol–water partition coefficient (Wildman–Crippen LogP) is 1.91. The fourth-order valence-electron chi connectivity index (χ4n) is 3.47. The number of nitrogens with zero attached hydrogens (tertiary/aromatic N) is 2. The van der Waals surface area contributed by atoms with Crippen LogP contribution >= 0.6 is 11.6 Å². The van der Waals surface area contributed by atoms with Gasteiger partial charge in [-0.3, -0.25) is 0 Å². The Kier molecular flexibility index (Phi) is 6.47.